The Balaban J connectivity index is 1.78. The number of carbonyl (C=O) groups excluding carboxylic acids is 2. The summed E-state index contributed by atoms with van der Waals surface area (Å²) < 4.78 is 11.0. The van der Waals surface area contributed by atoms with Crippen molar-refractivity contribution in [3.8, 4) is 5.75 Å². The number of morpholine rings is 1. The lowest BCUT2D eigenvalue weighted by molar-refractivity contribution is -0.137. The fourth-order valence-corrected chi connectivity index (χ4v) is 4.04. The average molecular weight is 415 g/mol. The van der Waals surface area contributed by atoms with Crippen LogP contribution in [-0.2, 0) is 14.3 Å². The van der Waals surface area contributed by atoms with Gasteiger partial charge in [-0.05, 0) is 31.0 Å². The van der Waals surface area contributed by atoms with Crippen LogP contribution in [-0.4, -0.2) is 61.1 Å². The summed E-state index contributed by atoms with van der Waals surface area (Å²) in [5.74, 6) is 0.411. The summed E-state index contributed by atoms with van der Waals surface area (Å²) in [6.07, 6.45) is 6.72. The van der Waals surface area contributed by atoms with Crippen molar-refractivity contribution < 1.29 is 19.1 Å². The molecule has 0 saturated carbocycles. The van der Waals surface area contributed by atoms with Crippen molar-refractivity contribution in [3.63, 3.8) is 0 Å². The maximum Gasteiger partial charge on any atom is 0.277 e. The second-order valence-corrected chi connectivity index (χ2v) is 7.81. The third-order valence-corrected chi connectivity index (χ3v) is 5.66. The summed E-state index contributed by atoms with van der Waals surface area (Å²) in [5.41, 5.74) is 1.80. The molecule has 30 heavy (non-hydrogen) atoms. The molecule has 2 amide bonds. The van der Waals surface area contributed by atoms with Gasteiger partial charge < -0.3 is 14.4 Å². The van der Waals surface area contributed by atoms with Gasteiger partial charge in [0.1, 0.15) is 11.4 Å². The highest BCUT2D eigenvalue weighted by Gasteiger charge is 2.41. The quantitative estimate of drug-likeness (QED) is 0.407. The van der Waals surface area contributed by atoms with Crippen molar-refractivity contribution >= 4 is 17.4 Å². The Labute approximate surface area is 179 Å². The van der Waals surface area contributed by atoms with Crippen molar-refractivity contribution in [2.24, 2.45) is 0 Å². The molecule has 0 spiro atoms. The second kappa shape index (κ2) is 11.2. The number of amides is 2. The summed E-state index contributed by atoms with van der Waals surface area (Å²) in [5, 5.41) is 0. The molecule has 0 aromatic heterocycles. The number of unbranched alkanes of at least 4 members (excludes halogenated alkanes) is 5. The minimum absolute atomic E-state index is 0.167. The summed E-state index contributed by atoms with van der Waals surface area (Å²) in [6, 6.07) is 7.47. The largest absolute Gasteiger partial charge is 0.494 e. The summed E-state index contributed by atoms with van der Waals surface area (Å²) >= 11 is 0. The van der Waals surface area contributed by atoms with E-state index in [4.69, 9.17) is 9.47 Å². The summed E-state index contributed by atoms with van der Waals surface area (Å²) in [4.78, 5) is 30.0. The van der Waals surface area contributed by atoms with E-state index in [9.17, 15) is 9.59 Å². The molecule has 6 heteroatoms. The van der Waals surface area contributed by atoms with E-state index in [-0.39, 0.29) is 11.8 Å². The molecule has 1 aromatic rings. The van der Waals surface area contributed by atoms with E-state index in [0.29, 0.717) is 50.7 Å². The molecule has 1 saturated heterocycles. The Hall–Kier alpha value is -2.34. The molecule has 3 rings (SSSR count). The Morgan fingerprint density at radius 3 is 2.23 bits per heavy atom. The van der Waals surface area contributed by atoms with Gasteiger partial charge in [0.15, 0.2) is 0 Å². The van der Waals surface area contributed by atoms with Crippen LogP contribution in [0.1, 0.15) is 57.9 Å². The molecule has 0 N–H and O–H groups in total. The van der Waals surface area contributed by atoms with Crippen LogP contribution < -0.4 is 4.74 Å². The highest BCUT2D eigenvalue weighted by atomic mass is 16.5. The lowest BCUT2D eigenvalue weighted by atomic mass is 10.0. The molecule has 6 nitrogen and oxygen atoms in total. The van der Waals surface area contributed by atoms with Crippen LogP contribution in [0.2, 0.25) is 0 Å². The van der Waals surface area contributed by atoms with E-state index in [1.165, 1.54) is 24.2 Å². The molecule has 0 radical (unpaired) electrons. The van der Waals surface area contributed by atoms with Gasteiger partial charge in [-0.15, -0.1) is 0 Å². The average Bonchev–Trinajstić information content (AvgIpc) is 3.02. The molecule has 0 aliphatic carbocycles. The highest BCUT2D eigenvalue weighted by Crippen LogP contribution is 2.33. The van der Waals surface area contributed by atoms with Gasteiger partial charge in [-0.1, -0.05) is 51.2 Å². The predicted octanol–water partition coefficient (Wildman–Crippen LogP) is 3.86. The molecule has 2 aliphatic rings. The van der Waals surface area contributed by atoms with Gasteiger partial charge in [0, 0.05) is 19.6 Å². The Bertz CT molecular complexity index is 751. The number of carbonyl (C=O) groups is 2. The van der Waals surface area contributed by atoms with Crippen LogP contribution in [0, 0.1) is 0 Å². The monoisotopic (exact) mass is 414 g/mol. The van der Waals surface area contributed by atoms with Crippen LogP contribution >= 0.6 is 0 Å². The third-order valence-electron chi connectivity index (χ3n) is 5.66. The minimum atomic E-state index is -0.181. The zero-order valence-corrected chi connectivity index (χ0v) is 18.3. The van der Waals surface area contributed by atoms with Crippen LogP contribution in [0.5, 0.6) is 5.75 Å². The minimum Gasteiger partial charge on any atom is -0.494 e. The van der Waals surface area contributed by atoms with E-state index in [1.54, 1.807) is 0 Å². The zero-order valence-electron chi connectivity index (χ0n) is 18.3. The van der Waals surface area contributed by atoms with Gasteiger partial charge >= 0.3 is 0 Å². The van der Waals surface area contributed by atoms with Crippen molar-refractivity contribution in [1.82, 2.24) is 9.80 Å². The van der Waals surface area contributed by atoms with Crippen molar-refractivity contribution in [2.75, 3.05) is 39.5 Å². The standard InChI is InChI=1S/C24H34N2O4/c1-3-5-6-7-8-9-14-26-23(27)21(19-10-12-20(13-11-19)30-4-2)22(24(26)28)25-15-17-29-18-16-25/h10-13H,3-9,14-18H2,1-2H3. The van der Waals surface area contributed by atoms with E-state index in [0.717, 1.165) is 30.6 Å². The molecule has 0 unspecified atom stereocenters. The number of nitrogens with zero attached hydrogens (tertiary/aromatic N) is 2. The molecule has 1 aromatic carbocycles. The number of rotatable bonds is 11. The predicted molar refractivity (Wildman–Crippen MR) is 117 cm³/mol. The van der Waals surface area contributed by atoms with E-state index < -0.39 is 0 Å². The van der Waals surface area contributed by atoms with Gasteiger partial charge in [-0.25, -0.2) is 0 Å². The number of hydrogen-bond acceptors (Lipinski definition) is 5. The normalized spacial score (nSPS) is 17.3. The van der Waals surface area contributed by atoms with Gasteiger partial charge in [-0.3, -0.25) is 14.5 Å². The van der Waals surface area contributed by atoms with Crippen LogP contribution in [0.15, 0.2) is 30.0 Å². The first-order valence-corrected chi connectivity index (χ1v) is 11.3. The van der Waals surface area contributed by atoms with Crippen LogP contribution in [0.4, 0.5) is 0 Å². The number of benzene rings is 1. The first kappa shape index (κ1) is 22.3. The van der Waals surface area contributed by atoms with Crippen molar-refractivity contribution in [3.05, 3.63) is 35.5 Å². The Kier molecular flexibility index (Phi) is 8.31. The summed E-state index contributed by atoms with van der Waals surface area (Å²) in [6.45, 7) is 7.59. The van der Waals surface area contributed by atoms with E-state index in [1.807, 2.05) is 36.1 Å². The Morgan fingerprint density at radius 1 is 0.900 bits per heavy atom. The maximum absolute atomic E-state index is 13.3. The molecule has 0 bridgehead atoms. The van der Waals surface area contributed by atoms with Gasteiger partial charge in [0.25, 0.3) is 11.8 Å². The van der Waals surface area contributed by atoms with Crippen LogP contribution in [0.3, 0.4) is 0 Å². The second-order valence-electron chi connectivity index (χ2n) is 7.81. The van der Waals surface area contributed by atoms with E-state index >= 15 is 0 Å². The van der Waals surface area contributed by atoms with Crippen molar-refractivity contribution in [1.29, 1.82) is 0 Å². The first-order chi connectivity index (χ1) is 14.7. The lowest BCUT2D eigenvalue weighted by Crippen LogP contribution is -2.40. The van der Waals surface area contributed by atoms with Gasteiger partial charge in [0.05, 0.1) is 25.4 Å². The van der Waals surface area contributed by atoms with Crippen LogP contribution in [0.25, 0.3) is 5.57 Å². The highest BCUT2D eigenvalue weighted by molar-refractivity contribution is 6.35. The molecule has 2 heterocycles. The smallest absolute Gasteiger partial charge is 0.277 e. The SMILES string of the molecule is CCCCCCCCN1C(=O)C(c2ccc(OCC)cc2)=C(N2CCOCC2)C1=O. The topological polar surface area (TPSA) is 59.1 Å². The molecular formula is C24H34N2O4. The zero-order chi connectivity index (χ0) is 21.3. The molecule has 2 aliphatic heterocycles. The lowest BCUT2D eigenvalue weighted by Gasteiger charge is -2.29. The van der Waals surface area contributed by atoms with Gasteiger partial charge in [0.2, 0.25) is 0 Å². The van der Waals surface area contributed by atoms with E-state index in [2.05, 4.69) is 6.92 Å². The van der Waals surface area contributed by atoms with Gasteiger partial charge in [-0.2, -0.15) is 0 Å². The first-order valence-electron chi connectivity index (χ1n) is 11.3. The fraction of sp³-hybridized carbons (Fsp3) is 0.583. The number of ether oxygens (including phenoxy) is 2. The fourth-order valence-electron chi connectivity index (χ4n) is 4.04. The molecule has 164 valence electrons. The number of hydrogen-bond donors (Lipinski definition) is 0. The number of imide groups is 1. The molecule has 0 atom stereocenters. The molecular weight excluding hydrogens is 380 g/mol. The third kappa shape index (κ3) is 5.22. The van der Waals surface area contributed by atoms with Crippen molar-refractivity contribution in [2.45, 2.75) is 52.4 Å². The Morgan fingerprint density at radius 2 is 1.57 bits per heavy atom. The molecule has 1 fully saturated rings. The maximum atomic E-state index is 13.3. The summed E-state index contributed by atoms with van der Waals surface area (Å²) in [7, 11) is 0.